The van der Waals surface area contributed by atoms with Crippen LogP contribution in [0.3, 0.4) is 0 Å². The van der Waals surface area contributed by atoms with Crippen LogP contribution in [0.25, 0.3) is 0 Å². The van der Waals surface area contributed by atoms with Crippen molar-refractivity contribution in [2.45, 2.75) is 45.6 Å². The topological polar surface area (TPSA) is 27.7 Å². The van der Waals surface area contributed by atoms with Crippen molar-refractivity contribution in [3.63, 3.8) is 0 Å². The third-order valence-electron chi connectivity index (χ3n) is 3.53. The van der Waals surface area contributed by atoms with Gasteiger partial charge in [0, 0.05) is 7.11 Å². The lowest BCUT2D eigenvalue weighted by Gasteiger charge is -2.60. The van der Waals surface area contributed by atoms with Gasteiger partial charge in [-0.1, -0.05) is 30.3 Å². The van der Waals surface area contributed by atoms with Gasteiger partial charge in [0.05, 0.1) is 5.41 Å². The van der Waals surface area contributed by atoms with Crippen molar-refractivity contribution in [3.8, 4) is 0 Å². The molecule has 1 aliphatic rings. The fraction of sp³-hybridized carbons (Fsp3) is 0.600. The van der Waals surface area contributed by atoms with Crippen molar-refractivity contribution >= 4 is 8.32 Å². The standard InChI is InChI=1S/C15H24O3Si/c1-14(2)13(12-10-8-7-9-11-12)17-15(14,16-3)18-19(4,5)6/h7-11,13H,1-6H3. The van der Waals surface area contributed by atoms with Gasteiger partial charge in [-0.2, -0.15) is 0 Å². The number of ether oxygens (including phenoxy) is 2. The van der Waals surface area contributed by atoms with E-state index < -0.39 is 14.3 Å². The van der Waals surface area contributed by atoms with E-state index in [0.29, 0.717) is 0 Å². The molecular weight excluding hydrogens is 256 g/mol. The van der Waals surface area contributed by atoms with Gasteiger partial charge in [-0.15, -0.1) is 0 Å². The van der Waals surface area contributed by atoms with E-state index >= 15 is 0 Å². The highest BCUT2D eigenvalue weighted by molar-refractivity contribution is 6.69. The minimum Gasteiger partial charge on any atom is -0.369 e. The first-order valence-electron chi connectivity index (χ1n) is 6.70. The number of hydrogen-bond acceptors (Lipinski definition) is 3. The van der Waals surface area contributed by atoms with Crippen molar-refractivity contribution in [1.29, 1.82) is 0 Å². The van der Waals surface area contributed by atoms with Gasteiger partial charge in [0.15, 0.2) is 8.32 Å². The fourth-order valence-electron chi connectivity index (χ4n) is 2.58. The molecular formula is C15H24O3Si. The SMILES string of the molecule is COC1(O[Si](C)(C)C)OC(c2ccccc2)C1(C)C. The van der Waals surface area contributed by atoms with E-state index in [0.717, 1.165) is 0 Å². The number of benzene rings is 1. The molecule has 19 heavy (non-hydrogen) atoms. The summed E-state index contributed by atoms with van der Waals surface area (Å²) in [7, 11) is -0.0968. The molecule has 0 N–H and O–H groups in total. The van der Waals surface area contributed by atoms with E-state index in [1.807, 2.05) is 18.2 Å². The molecule has 0 amide bonds. The molecule has 0 aliphatic carbocycles. The average Bonchev–Trinajstić information content (AvgIpc) is 2.33. The summed E-state index contributed by atoms with van der Waals surface area (Å²) in [5.41, 5.74) is 0.947. The van der Waals surface area contributed by atoms with E-state index in [4.69, 9.17) is 13.9 Å². The Morgan fingerprint density at radius 2 is 1.68 bits per heavy atom. The minimum absolute atomic E-state index is 0.00463. The van der Waals surface area contributed by atoms with Crippen molar-refractivity contribution in [1.82, 2.24) is 0 Å². The largest absolute Gasteiger partial charge is 0.369 e. The summed E-state index contributed by atoms with van der Waals surface area (Å²) < 4.78 is 17.8. The van der Waals surface area contributed by atoms with Gasteiger partial charge in [0.1, 0.15) is 6.10 Å². The molecule has 0 radical (unpaired) electrons. The molecule has 2 atom stereocenters. The lowest BCUT2D eigenvalue weighted by atomic mass is 9.75. The van der Waals surface area contributed by atoms with E-state index in [1.54, 1.807) is 7.11 Å². The third-order valence-corrected chi connectivity index (χ3v) is 4.41. The number of rotatable bonds is 4. The van der Waals surface area contributed by atoms with Crippen molar-refractivity contribution < 1.29 is 13.9 Å². The zero-order chi connectivity index (χ0) is 14.3. The molecule has 3 nitrogen and oxygen atoms in total. The van der Waals surface area contributed by atoms with Gasteiger partial charge >= 0.3 is 0 Å². The van der Waals surface area contributed by atoms with Crippen LogP contribution in [0.1, 0.15) is 25.5 Å². The molecule has 1 aromatic carbocycles. The van der Waals surface area contributed by atoms with Crippen molar-refractivity contribution in [3.05, 3.63) is 35.9 Å². The first-order valence-corrected chi connectivity index (χ1v) is 10.1. The monoisotopic (exact) mass is 280 g/mol. The van der Waals surface area contributed by atoms with Gasteiger partial charge in [-0.3, -0.25) is 0 Å². The van der Waals surface area contributed by atoms with Crippen LogP contribution in [0.4, 0.5) is 0 Å². The van der Waals surface area contributed by atoms with Crippen molar-refractivity contribution in [2.75, 3.05) is 7.11 Å². The van der Waals surface area contributed by atoms with Gasteiger partial charge in [-0.05, 0) is 39.1 Å². The molecule has 1 aromatic rings. The molecule has 2 rings (SSSR count). The summed E-state index contributed by atoms with van der Waals surface area (Å²) in [5.74, 6) is -0.919. The highest BCUT2D eigenvalue weighted by Gasteiger charge is 2.65. The molecule has 4 heteroatoms. The van der Waals surface area contributed by atoms with E-state index in [-0.39, 0.29) is 11.5 Å². The van der Waals surface area contributed by atoms with Crippen LogP contribution < -0.4 is 0 Å². The van der Waals surface area contributed by atoms with Gasteiger partial charge in [0.2, 0.25) is 0 Å². The summed E-state index contributed by atoms with van der Waals surface area (Å²) >= 11 is 0. The normalized spacial score (nSPS) is 29.9. The number of methoxy groups -OCH3 is 1. The van der Waals surface area contributed by atoms with E-state index in [2.05, 4.69) is 45.6 Å². The summed E-state index contributed by atoms with van der Waals surface area (Å²) in [6.07, 6.45) is 0.00463. The molecule has 0 bridgehead atoms. The first-order chi connectivity index (χ1) is 8.72. The molecule has 1 aliphatic heterocycles. The third kappa shape index (κ3) is 2.50. The smallest absolute Gasteiger partial charge is 0.282 e. The first kappa shape index (κ1) is 14.7. The Morgan fingerprint density at radius 1 is 1.11 bits per heavy atom. The molecule has 0 aromatic heterocycles. The number of hydrogen-bond donors (Lipinski definition) is 0. The van der Waals surface area contributed by atoms with Crippen molar-refractivity contribution in [2.24, 2.45) is 5.41 Å². The average molecular weight is 280 g/mol. The van der Waals surface area contributed by atoms with Crippen LogP contribution in [0, 0.1) is 5.41 Å². The summed E-state index contributed by atoms with van der Waals surface area (Å²) in [4.78, 5) is 0. The lowest BCUT2D eigenvalue weighted by Crippen LogP contribution is -2.67. The molecule has 1 saturated heterocycles. The summed E-state index contributed by atoms with van der Waals surface area (Å²) in [6.45, 7) is 10.7. The Labute approximate surface area is 117 Å². The lowest BCUT2D eigenvalue weighted by molar-refractivity contribution is -0.499. The van der Waals surface area contributed by atoms with Crippen LogP contribution in [0.15, 0.2) is 30.3 Å². The minimum atomic E-state index is -1.75. The Morgan fingerprint density at radius 3 is 2.11 bits per heavy atom. The Kier molecular flexibility index (Phi) is 3.64. The quantitative estimate of drug-likeness (QED) is 0.617. The zero-order valence-electron chi connectivity index (χ0n) is 12.7. The molecule has 0 spiro atoms. The molecule has 1 fully saturated rings. The molecule has 2 unspecified atom stereocenters. The van der Waals surface area contributed by atoms with Gasteiger partial charge in [-0.25, -0.2) is 0 Å². The highest BCUT2D eigenvalue weighted by atomic mass is 28.4. The Bertz CT molecular complexity index is 438. The van der Waals surface area contributed by atoms with Crippen LogP contribution in [0.5, 0.6) is 0 Å². The maximum atomic E-state index is 6.17. The zero-order valence-corrected chi connectivity index (χ0v) is 13.7. The second-order valence-electron chi connectivity index (χ2n) is 6.61. The van der Waals surface area contributed by atoms with Crippen LogP contribution in [-0.4, -0.2) is 21.4 Å². The maximum Gasteiger partial charge on any atom is 0.282 e. The molecule has 0 saturated carbocycles. The second-order valence-corrected chi connectivity index (χ2v) is 11.0. The predicted octanol–water partition coefficient (Wildman–Crippen LogP) is 3.94. The predicted molar refractivity (Wildman–Crippen MR) is 78.2 cm³/mol. The summed E-state index contributed by atoms with van der Waals surface area (Å²) in [5, 5.41) is 0. The van der Waals surface area contributed by atoms with Crippen LogP contribution >= 0.6 is 0 Å². The highest BCUT2D eigenvalue weighted by Crippen LogP contribution is 2.59. The Balaban J connectivity index is 2.24. The van der Waals surface area contributed by atoms with Gasteiger partial charge in [0.25, 0.3) is 5.97 Å². The molecule has 106 valence electrons. The Hall–Kier alpha value is -0.683. The second kappa shape index (κ2) is 4.70. The van der Waals surface area contributed by atoms with E-state index in [9.17, 15) is 0 Å². The fourth-order valence-corrected chi connectivity index (χ4v) is 3.78. The maximum absolute atomic E-state index is 6.17. The molecule has 1 heterocycles. The van der Waals surface area contributed by atoms with E-state index in [1.165, 1.54) is 5.56 Å². The van der Waals surface area contributed by atoms with Crippen LogP contribution in [0.2, 0.25) is 19.6 Å². The summed E-state index contributed by atoms with van der Waals surface area (Å²) in [6, 6.07) is 10.2. The van der Waals surface area contributed by atoms with Crippen LogP contribution in [-0.2, 0) is 13.9 Å². The van der Waals surface area contributed by atoms with Gasteiger partial charge < -0.3 is 13.9 Å².